The summed E-state index contributed by atoms with van der Waals surface area (Å²) in [4.78, 5) is 39.1. The summed E-state index contributed by atoms with van der Waals surface area (Å²) in [6.07, 6.45) is 11.0. The smallest absolute Gasteiger partial charge is 0.290 e. The highest BCUT2D eigenvalue weighted by Gasteiger charge is 2.25. The first-order valence-corrected chi connectivity index (χ1v) is 11.1. The molecule has 0 aromatic carbocycles. The molecular weight excluding hydrogens is 398 g/mol. The molecule has 0 unspecified atom stereocenters. The minimum absolute atomic E-state index is 0.347. The van der Waals surface area contributed by atoms with Crippen molar-refractivity contribution in [3.63, 3.8) is 0 Å². The van der Waals surface area contributed by atoms with Crippen LogP contribution < -0.4 is 10.2 Å². The SMILES string of the molecule is Cc1ccc(CCCC2CCN(c3nccc(/C=C4\SC(=O)NC4=O)n3)CC2)nc1. The Kier molecular flexibility index (Phi) is 6.42. The van der Waals surface area contributed by atoms with Crippen LogP contribution in [0.3, 0.4) is 0 Å². The van der Waals surface area contributed by atoms with Gasteiger partial charge >= 0.3 is 0 Å². The highest BCUT2D eigenvalue weighted by Crippen LogP contribution is 2.27. The predicted octanol–water partition coefficient (Wildman–Crippen LogP) is 3.74. The lowest BCUT2D eigenvalue weighted by Gasteiger charge is -2.32. The van der Waals surface area contributed by atoms with E-state index in [1.807, 2.05) is 6.20 Å². The maximum atomic E-state index is 11.7. The highest BCUT2D eigenvalue weighted by atomic mass is 32.2. The number of thioether (sulfide) groups is 1. The summed E-state index contributed by atoms with van der Waals surface area (Å²) >= 11 is 0.900. The van der Waals surface area contributed by atoms with E-state index in [2.05, 4.69) is 44.2 Å². The van der Waals surface area contributed by atoms with Crippen LogP contribution >= 0.6 is 11.8 Å². The molecule has 8 heteroatoms. The Morgan fingerprint density at radius 3 is 2.73 bits per heavy atom. The van der Waals surface area contributed by atoms with Gasteiger partial charge in [-0.05, 0) is 80.5 Å². The molecule has 2 aromatic rings. The van der Waals surface area contributed by atoms with Crippen molar-refractivity contribution in [1.82, 2.24) is 20.3 Å². The van der Waals surface area contributed by atoms with Crippen LogP contribution in [0, 0.1) is 12.8 Å². The average Bonchev–Trinajstić information content (AvgIpc) is 3.07. The number of anilines is 1. The zero-order valence-electron chi connectivity index (χ0n) is 17.0. The average molecular weight is 424 g/mol. The zero-order valence-corrected chi connectivity index (χ0v) is 17.8. The molecule has 0 radical (unpaired) electrons. The van der Waals surface area contributed by atoms with Crippen molar-refractivity contribution in [1.29, 1.82) is 0 Å². The first-order chi connectivity index (χ1) is 14.6. The third-order valence-corrected chi connectivity index (χ3v) is 6.31. The fraction of sp³-hybridized carbons (Fsp3) is 0.409. The van der Waals surface area contributed by atoms with Crippen molar-refractivity contribution >= 4 is 34.9 Å². The van der Waals surface area contributed by atoms with Gasteiger partial charge in [-0.3, -0.25) is 19.9 Å². The van der Waals surface area contributed by atoms with Gasteiger partial charge in [-0.25, -0.2) is 9.97 Å². The standard InChI is InChI=1S/C22H25N5O2S/c1-15-5-6-17(24-14-15)4-2-3-16-8-11-27(12-9-16)21-23-10-7-18(25-21)13-19-20(28)26-22(29)30-19/h5-7,10,13-14,16H,2-4,8-9,11-12H2,1H3,(H,26,28,29)/b19-13-. The number of carbonyl (C=O) groups is 2. The normalized spacial score (nSPS) is 18.8. The quantitative estimate of drug-likeness (QED) is 0.708. The first-order valence-electron chi connectivity index (χ1n) is 10.3. The van der Waals surface area contributed by atoms with E-state index in [4.69, 9.17) is 0 Å². The first kappa shape index (κ1) is 20.5. The minimum Gasteiger partial charge on any atom is -0.341 e. The van der Waals surface area contributed by atoms with Gasteiger partial charge in [0.15, 0.2) is 0 Å². The van der Waals surface area contributed by atoms with Crippen molar-refractivity contribution in [2.75, 3.05) is 18.0 Å². The number of rotatable bonds is 6. The number of hydrogen-bond donors (Lipinski definition) is 1. The summed E-state index contributed by atoms with van der Waals surface area (Å²) < 4.78 is 0. The summed E-state index contributed by atoms with van der Waals surface area (Å²) in [7, 11) is 0. The zero-order chi connectivity index (χ0) is 20.9. The Hall–Kier alpha value is -2.74. The number of pyridine rings is 1. The van der Waals surface area contributed by atoms with Crippen LogP contribution in [0.25, 0.3) is 6.08 Å². The molecule has 0 bridgehead atoms. The molecular formula is C22H25N5O2S. The lowest BCUT2D eigenvalue weighted by molar-refractivity contribution is -0.115. The third kappa shape index (κ3) is 5.24. The van der Waals surface area contributed by atoms with E-state index in [1.54, 1.807) is 18.3 Å². The van der Waals surface area contributed by atoms with E-state index in [9.17, 15) is 9.59 Å². The number of aromatic nitrogens is 3. The van der Waals surface area contributed by atoms with Crippen LogP contribution in [0.2, 0.25) is 0 Å². The van der Waals surface area contributed by atoms with Crippen molar-refractivity contribution in [3.8, 4) is 0 Å². The second kappa shape index (κ2) is 9.38. The Morgan fingerprint density at radius 1 is 1.20 bits per heavy atom. The number of hydrogen-bond acceptors (Lipinski definition) is 7. The van der Waals surface area contributed by atoms with Gasteiger partial charge < -0.3 is 4.90 Å². The molecule has 2 fully saturated rings. The van der Waals surface area contributed by atoms with Crippen molar-refractivity contribution in [3.05, 3.63) is 52.4 Å². The summed E-state index contributed by atoms with van der Waals surface area (Å²) in [5, 5.41) is 1.91. The molecule has 2 saturated heterocycles. The van der Waals surface area contributed by atoms with Gasteiger partial charge in [0, 0.05) is 31.2 Å². The molecule has 2 aliphatic heterocycles. The molecule has 2 aromatic heterocycles. The summed E-state index contributed by atoms with van der Waals surface area (Å²) in [5.74, 6) is 1.04. The molecule has 0 saturated carbocycles. The van der Waals surface area contributed by atoms with E-state index in [1.165, 1.54) is 24.1 Å². The minimum atomic E-state index is -0.369. The highest BCUT2D eigenvalue weighted by molar-refractivity contribution is 8.18. The van der Waals surface area contributed by atoms with Gasteiger partial charge in [-0.1, -0.05) is 6.07 Å². The van der Waals surface area contributed by atoms with Gasteiger partial charge in [0.1, 0.15) is 0 Å². The molecule has 0 atom stereocenters. The van der Waals surface area contributed by atoms with Crippen molar-refractivity contribution < 1.29 is 9.59 Å². The van der Waals surface area contributed by atoms with E-state index in [0.717, 1.165) is 50.0 Å². The van der Waals surface area contributed by atoms with Gasteiger partial charge in [0.25, 0.3) is 11.1 Å². The molecule has 4 heterocycles. The summed E-state index contributed by atoms with van der Waals surface area (Å²) in [5.41, 5.74) is 3.01. The Morgan fingerprint density at radius 2 is 2.03 bits per heavy atom. The van der Waals surface area contributed by atoms with E-state index >= 15 is 0 Å². The predicted molar refractivity (Wildman–Crippen MR) is 118 cm³/mol. The van der Waals surface area contributed by atoms with E-state index in [0.29, 0.717) is 16.5 Å². The van der Waals surface area contributed by atoms with Crippen LogP contribution in [-0.2, 0) is 11.2 Å². The Labute approximate surface area is 180 Å². The molecule has 30 heavy (non-hydrogen) atoms. The van der Waals surface area contributed by atoms with Crippen LogP contribution in [0.15, 0.2) is 35.5 Å². The maximum absolute atomic E-state index is 11.7. The number of aryl methyl sites for hydroxylation is 2. The largest absolute Gasteiger partial charge is 0.341 e. The number of imide groups is 1. The molecule has 1 N–H and O–H groups in total. The van der Waals surface area contributed by atoms with E-state index < -0.39 is 0 Å². The summed E-state index contributed by atoms with van der Waals surface area (Å²) in [6.45, 7) is 3.93. The number of piperidine rings is 1. The fourth-order valence-electron chi connectivity index (χ4n) is 3.79. The monoisotopic (exact) mass is 423 g/mol. The van der Waals surface area contributed by atoms with E-state index in [-0.39, 0.29) is 11.1 Å². The second-order valence-corrected chi connectivity index (χ2v) is 8.80. The van der Waals surface area contributed by atoms with Gasteiger partial charge in [0.05, 0.1) is 10.6 Å². The topological polar surface area (TPSA) is 88.1 Å². The molecule has 156 valence electrons. The lowest BCUT2D eigenvalue weighted by atomic mass is 9.91. The number of amides is 2. The number of nitrogens with zero attached hydrogens (tertiary/aromatic N) is 4. The molecule has 2 amide bonds. The third-order valence-electron chi connectivity index (χ3n) is 5.50. The maximum Gasteiger partial charge on any atom is 0.290 e. The van der Waals surface area contributed by atoms with Crippen LogP contribution in [-0.4, -0.2) is 39.2 Å². The number of carbonyl (C=O) groups excluding carboxylic acids is 2. The van der Waals surface area contributed by atoms with Crippen LogP contribution in [0.4, 0.5) is 10.7 Å². The van der Waals surface area contributed by atoms with Crippen molar-refractivity contribution in [2.45, 2.75) is 39.0 Å². The molecule has 0 spiro atoms. The number of nitrogens with one attached hydrogen (secondary N) is 1. The molecule has 4 rings (SSSR count). The summed E-state index contributed by atoms with van der Waals surface area (Å²) in [6, 6.07) is 6.00. The second-order valence-electron chi connectivity index (χ2n) is 7.78. The van der Waals surface area contributed by atoms with Gasteiger partial charge in [0.2, 0.25) is 5.95 Å². The molecule has 0 aliphatic carbocycles. The van der Waals surface area contributed by atoms with Gasteiger partial charge in [-0.15, -0.1) is 0 Å². The Balaban J connectivity index is 1.28. The van der Waals surface area contributed by atoms with Crippen molar-refractivity contribution in [2.24, 2.45) is 5.92 Å². The van der Waals surface area contributed by atoms with Crippen LogP contribution in [0.5, 0.6) is 0 Å². The molecule has 2 aliphatic rings. The lowest BCUT2D eigenvalue weighted by Crippen LogP contribution is -2.35. The molecule has 7 nitrogen and oxygen atoms in total. The Bertz CT molecular complexity index is 952. The fourth-order valence-corrected chi connectivity index (χ4v) is 4.46. The van der Waals surface area contributed by atoms with Crippen LogP contribution in [0.1, 0.15) is 42.6 Å². The van der Waals surface area contributed by atoms with Gasteiger partial charge in [-0.2, -0.15) is 0 Å².